The molecule has 0 bridgehead atoms. The van der Waals surface area contributed by atoms with Crippen LogP contribution in [0, 0.1) is 5.92 Å². The summed E-state index contributed by atoms with van der Waals surface area (Å²) < 4.78 is 9.59. The lowest BCUT2D eigenvalue weighted by Crippen LogP contribution is -2.29. The third-order valence-electron chi connectivity index (χ3n) is 2.07. The number of aliphatic imine (C=N–C) groups is 1. The number of carbonyl (C=O) groups excluding carboxylic acids is 2. The number of ether oxygens (including phenoxy) is 2. The highest BCUT2D eigenvalue weighted by atomic mass is 16.6. The molecule has 16 heavy (non-hydrogen) atoms. The Morgan fingerprint density at radius 2 is 1.75 bits per heavy atom. The quantitative estimate of drug-likeness (QED) is 0.385. The first-order valence-corrected chi connectivity index (χ1v) is 5.55. The van der Waals surface area contributed by atoms with Gasteiger partial charge in [0.1, 0.15) is 0 Å². The van der Waals surface area contributed by atoms with Crippen LogP contribution in [-0.4, -0.2) is 37.4 Å². The topological polar surface area (TPSA) is 65.0 Å². The van der Waals surface area contributed by atoms with Gasteiger partial charge in [-0.25, -0.2) is 0 Å². The molecule has 0 radical (unpaired) electrons. The average Bonchev–Trinajstić information content (AvgIpc) is 3.02. The second-order valence-electron chi connectivity index (χ2n) is 3.51. The fourth-order valence-electron chi connectivity index (χ4n) is 1.11. The minimum atomic E-state index is -1.01. The average molecular weight is 227 g/mol. The molecule has 1 rings (SSSR count). The van der Waals surface area contributed by atoms with E-state index in [1.165, 1.54) is 6.21 Å². The van der Waals surface area contributed by atoms with Gasteiger partial charge in [0, 0.05) is 12.3 Å². The van der Waals surface area contributed by atoms with Gasteiger partial charge in [-0.05, 0) is 26.7 Å². The zero-order chi connectivity index (χ0) is 12.0. The second-order valence-corrected chi connectivity index (χ2v) is 3.51. The van der Waals surface area contributed by atoms with Crippen LogP contribution in [0.1, 0.15) is 26.7 Å². The molecular weight excluding hydrogens is 210 g/mol. The second kappa shape index (κ2) is 6.25. The highest BCUT2D eigenvalue weighted by Crippen LogP contribution is 2.23. The van der Waals surface area contributed by atoms with Gasteiger partial charge < -0.3 is 9.47 Å². The third kappa shape index (κ3) is 4.00. The predicted molar refractivity (Wildman–Crippen MR) is 58.3 cm³/mol. The molecule has 0 aromatic rings. The predicted octanol–water partition coefficient (Wildman–Crippen LogP) is 0.962. The van der Waals surface area contributed by atoms with Crippen LogP contribution in [-0.2, 0) is 19.1 Å². The summed E-state index contributed by atoms with van der Waals surface area (Å²) in [6.45, 7) is 3.87. The van der Waals surface area contributed by atoms with Crippen molar-refractivity contribution < 1.29 is 19.1 Å². The number of rotatable bonds is 6. The number of esters is 2. The van der Waals surface area contributed by atoms with E-state index in [-0.39, 0.29) is 19.3 Å². The molecular formula is C11H17NO4. The first-order valence-electron chi connectivity index (χ1n) is 5.55. The smallest absolute Gasteiger partial charge is 0.325 e. The van der Waals surface area contributed by atoms with E-state index < -0.39 is 17.9 Å². The maximum absolute atomic E-state index is 11.5. The monoisotopic (exact) mass is 227 g/mol. The van der Waals surface area contributed by atoms with Crippen molar-refractivity contribution in [2.24, 2.45) is 10.9 Å². The zero-order valence-corrected chi connectivity index (χ0v) is 9.64. The molecule has 90 valence electrons. The van der Waals surface area contributed by atoms with Gasteiger partial charge in [0.2, 0.25) is 0 Å². The molecule has 0 N–H and O–H groups in total. The number of nitrogens with zero attached hydrogens (tertiary/aromatic N) is 1. The normalized spacial score (nSPS) is 15.4. The van der Waals surface area contributed by atoms with Crippen molar-refractivity contribution in [3.63, 3.8) is 0 Å². The maximum atomic E-state index is 11.5. The van der Waals surface area contributed by atoms with Crippen molar-refractivity contribution in [1.82, 2.24) is 0 Å². The van der Waals surface area contributed by atoms with Gasteiger partial charge in [-0.3, -0.25) is 14.6 Å². The summed E-state index contributed by atoms with van der Waals surface area (Å²) in [5, 5.41) is 0. The summed E-state index contributed by atoms with van der Waals surface area (Å²) in [7, 11) is 0. The fraction of sp³-hybridized carbons (Fsp3) is 0.727. The van der Waals surface area contributed by atoms with E-state index >= 15 is 0 Å². The van der Waals surface area contributed by atoms with Crippen molar-refractivity contribution in [1.29, 1.82) is 0 Å². The fourth-order valence-corrected chi connectivity index (χ4v) is 1.11. The van der Waals surface area contributed by atoms with Crippen LogP contribution in [0.15, 0.2) is 4.99 Å². The van der Waals surface area contributed by atoms with E-state index in [0.717, 1.165) is 12.8 Å². The summed E-state index contributed by atoms with van der Waals surface area (Å²) in [6.07, 6.45) is 3.40. The molecule has 0 aromatic carbocycles. The highest BCUT2D eigenvalue weighted by molar-refractivity contribution is 6.09. The van der Waals surface area contributed by atoms with Gasteiger partial charge in [0.05, 0.1) is 13.2 Å². The van der Waals surface area contributed by atoms with Crippen LogP contribution < -0.4 is 0 Å². The Bertz CT molecular complexity index is 266. The van der Waals surface area contributed by atoms with E-state index in [4.69, 9.17) is 9.47 Å². The van der Waals surface area contributed by atoms with Gasteiger partial charge in [0.25, 0.3) is 0 Å². The summed E-state index contributed by atoms with van der Waals surface area (Å²) in [4.78, 5) is 27.1. The summed E-state index contributed by atoms with van der Waals surface area (Å²) in [6, 6.07) is 0.270. The Morgan fingerprint density at radius 3 is 2.12 bits per heavy atom. The standard InChI is InChI=1S/C11H17NO4/c1-3-15-10(13)9(11(14)16-4-2)7-12-8-5-6-8/h7-9H,3-6H2,1-2H3. The maximum Gasteiger partial charge on any atom is 0.325 e. The third-order valence-corrected chi connectivity index (χ3v) is 2.07. The largest absolute Gasteiger partial charge is 0.465 e. The SMILES string of the molecule is CCOC(=O)C(C=NC1CC1)C(=O)OCC. The van der Waals surface area contributed by atoms with E-state index in [9.17, 15) is 9.59 Å². The molecule has 5 nitrogen and oxygen atoms in total. The van der Waals surface area contributed by atoms with Gasteiger partial charge in [-0.1, -0.05) is 0 Å². The van der Waals surface area contributed by atoms with Crippen molar-refractivity contribution in [3.8, 4) is 0 Å². The van der Waals surface area contributed by atoms with E-state index in [2.05, 4.69) is 4.99 Å². The molecule has 1 aliphatic carbocycles. The Kier molecular flexibility index (Phi) is 4.95. The molecule has 0 heterocycles. The molecule has 0 amide bonds. The first kappa shape index (κ1) is 12.7. The van der Waals surface area contributed by atoms with E-state index in [1.807, 2.05) is 0 Å². The van der Waals surface area contributed by atoms with Gasteiger partial charge in [-0.2, -0.15) is 0 Å². The van der Waals surface area contributed by atoms with Crippen LogP contribution in [0.2, 0.25) is 0 Å². The van der Waals surface area contributed by atoms with Crippen LogP contribution in [0.25, 0.3) is 0 Å². The molecule has 1 aliphatic rings. The Hall–Kier alpha value is -1.39. The van der Waals surface area contributed by atoms with Crippen LogP contribution >= 0.6 is 0 Å². The summed E-state index contributed by atoms with van der Waals surface area (Å²) >= 11 is 0. The molecule has 1 fully saturated rings. The van der Waals surface area contributed by atoms with Crippen LogP contribution in [0.4, 0.5) is 0 Å². The van der Waals surface area contributed by atoms with Crippen molar-refractivity contribution >= 4 is 18.2 Å². The van der Waals surface area contributed by atoms with Crippen molar-refractivity contribution in [2.45, 2.75) is 32.7 Å². The molecule has 0 aromatic heterocycles. The number of carbonyl (C=O) groups is 2. The van der Waals surface area contributed by atoms with Crippen molar-refractivity contribution in [3.05, 3.63) is 0 Å². The summed E-state index contributed by atoms with van der Waals surface area (Å²) in [5.41, 5.74) is 0. The van der Waals surface area contributed by atoms with Gasteiger partial charge >= 0.3 is 11.9 Å². The highest BCUT2D eigenvalue weighted by Gasteiger charge is 2.29. The Balaban J connectivity index is 2.58. The van der Waals surface area contributed by atoms with Gasteiger partial charge in [0.15, 0.2) is 5.92 Å². The minimum absolute atomic E-state index is 0.242. The lowest BCUT2D eigenvalue weighted by atomic mass is 10.2. The van der Waals surface area contributed by atoms with Gasteiger partial charge in [-0.15, -0.1) is 0 Å². The Morgan fingerprint density at radius 1 is 1.25 bits per heavy atom. The molecule has 0 spiro atoms. The molecule has 0 aliphatic heterocycles. The molecule has 1 saturated carbocycles. The number of hydrogen-bond acceptors (Lipinski definition) is 5. The van der Waals surface area contributed by atoms with Crippen LogP contribution in [0.5, 0.6) is 0 Å². The summed E-state index contributed by atoms with van der Waals surface area (Å²) in [5.74, 6) is -2.20. The van der Waals surface area contributed by atoms with Crippen LogP contribution in [0.3, 0.4) is 0 Å². The first-order chi connectivity index (χ1) is 7.69. The molecule has 5 heteroatoms. The Labute approximate surface area is 94.8 Å². The molecule has 0 saturated heterocycles. The zero-order valence-electron chi connectivity index (χ0n) is 9.64. The number of hydrogen-bond donors (Lipinski definition) is 0. The van der Waals surface area contributed by atoms with E-state index in [0.29, 0.717) is 0 Å². The lowest BCUT2D eigenvalue weighted by Gasteiger charge is -2.09. The minimum Gasteiger partial charge on any atom is -0.465 e. The molecule has 0 atom stereocenters. The molecule has 0 unspecified atom stereocenters. The lowest BCUT2D eigenvalue weighted by molar-refractivity contribution is -0.157. The van der Waals surface area contributed by atoms with Crippen molar-refractivity contribution in [2.75, 3.05) is 13.2 Å². The van der Waals surface area contributed by atoms with E-state index in [1.54, 1.807) is 13.8 Å².